The fourth-order valence-corrected chi connectivity index (χ4v) is 3.10. The number of hydrogen-bond acceptors (Lipinski definition) is 2. The van der Waals surface area contributed by atoms with Crippen molar-refractivity contribution in [3.05, 3.63) is 0 Å². The summed E-state index contributed by atoms with van der Waals surface area (Å²) in [6, 6.07) is -0.01000. The van der Waals surface area contributed by atoms with Gasteiger partial charge in [-0.15, -0.1) is 0 Å². The molecule has 3 nitrogen and oxygen atoms in total. The molecule has 1 saturated carbocycles. The zero-order chi connectivity index (χ0) is 13.7. The average molecular weight is 254 g/mol. The van der Waals surface area contributed by atoms with Crippen LogP contribution in [0.5, 0.6) is 0 Å². The predicted octanol–water partition coefficient (Wildman–Crippen LogP) is 2.69. The van der Waals surface area contributed by atoms with Crippen LogP contribution in [0.1, 0.15) is 59.8 Å². The Morgan fingerprint density at radius 1 is 1.39 bits per heavy atom. The Labute approximate surface area is 112 Å². The molecule has 1 aliphatic rings. The summed E-state index contributed by atoms with van der Waals surface area (Å²) in [6.45, 7) is 8.85. The predicted molar refractivity (Wildman–Crippen MR) is 76.2 cm³/mol. The third-order valence-corrected chi connectivity index (χ3v) is 4.29. The first kappa shape index (κ1) is 15.5. The second-order valence-corrected chi connectivity index (χ2v) is 6.34. The summed E-state index contributed by atoms with van der Waals surface area (Å²) in [5.74, 6) is 2.00. The van der Waals surface area contributed by atoms with Gasteiger partial charge >= 0.3 is 0 Å². The molecule has 0 aromatic carbocycles. The largest absolute Gasteiger partial charge is 0.352 e. The van der Waals surface area contributed by atoms with Crippen molar-refractivity contribution in [2.45, 2.75) is 71.9 Å². The molecule has 0 saturated heterocycles. The maximum absolute atomic E-state index is 12.0. The molecule has 4 atom stereocenters. The molecule has 0 aliphatic heterocycles. The number of carbonyl (C=O) groups excluding carboxylic acids is 1. The van der Waals surface area contributed by atoms with Crippen LogP contribution < -0.4 is 11.1 Å². The van der Waals surface area contributed by atoms with Gasteiger partial charge in [0.15, 0.2) is 0 Å². The lowest BCUT2D eigenvalue weighted by molar-refractivity contribution is -0.124. The summed E-state index contributed by atoms with van der Waals surface area (Å²) >= 11 is 0. The molecule has 0 radical (unpaired) electrons. The molecule has 0 bridgehead atoms. The Balaban J connectivity index is 2.57. The highest BCUT2D eigenvalue weighted by molar-refractivity contribution is 5.81. The molecular formula is C15H30N2O. The van der Waals surface area contributed by atoms with Crippen LogP contribution in [-0.2, 0) is 4.79 Å². The quantitative estimate of drug-likeness (QED) is 0.792. The van der Waals surface area contributed by atoms with E-state index in [0.29, 0.717) is 23.8 Å². The first-order chi connectivity index (χ1) is 8.45. The van der Waals surface area contributed by atoms with Crippen molar-refractivity contribution in [3.8, 4) is 0 Å². The van der Waals surface area contributed by atoms with Gasteiger partial charge in [-0.25, -0.2) is 0 Å². The molecule has 0 aromatic heterocycles. The SMILES string of the molecule is CCC[C@H](N)C(=O)NC1CC(C)CCC1C(C)C. The second-order valence-electron chi connectivity index (χ2n) is 6.34. The van der Waals surface area contributed by atoms with E-state index in [-0.39, 0.29) is 11.9 Å². The Kier molecular flexibility index (Phi) is 6.13. The van der Waals surface area contributed by atoms with Crippen LogP contribution in [0.15, 0.2) is 0 Å². The van der Waals surface area contributed by atoms with Gasteiger partial charge in [0.2, 0.25) is 5.91 Å². The van der Waals surface area contributed by atoms with Gasteiger partial charge in [0.05, 0.1) is 6.04 Å². The standard InChI is InChI=1S/C15H30N2O/c1-5-6-13(16)15(18)17-14-9-11(4)7-8-12(14)10(2)3/h10-14H,5-9,16H2,1-4H3,(H,17,18)/t11?,12?,13-,14?/m0/s1. The van der Waals surface area contributed by atoms with Crippen LogP contribution in [0.3, 0.4) is 0 Å². The van der Waals surface area contributed by atoms with Gasteiger partial charge in [0.25, 0.3) is 0 Å². The molecule has 1 rings (SSSR count). The number of carbonyl (C=O) groups is 1. The van der Waals surface area contributed by atoms with E-state index in [1.807, 2.05) is 0 Å². The second kappa shape index (κ2) is 7.13. The maximum atomic E-state index is 12.0. The summed E-state index contributed by atoms with van der Waals surface area (Å²) in [7, 11) is 0. The van der Waals surface area contributed by atoms with Crippen LogP contribution in [0.2, 0.25) is 0 Å². The fourth-order valence-electron chi connectivity index (χ4n) is 3.10. The molecule has 3 unspecified atom stereocenters. The highest BCUT2D eigenvalue weighted by atomic mass is 16.2. The van der Waals surface area contributed by atoms with E-state index >= 15 is 0 Å². The first-order valence-electron chi connectivity index (χ1n) is 7.51. The van der Waals surface area contributed by atoms with Crippen LogP contribution in [0.4, 0.5) is 0 Å². The van der Waals surface area contributed by atoms with E-state index in [0.717, 1.165) is 19.3 Å². The summed E-state index contributed by atoms with van der Waals surface area (Å²) in [5.41, 5.74) is 5.89. The fraction of sp³-hybridized carbons (Fsp3) is 0.933. The first-order valence-corrected chi connectivity index (χ1v) is 7.51. The van der Waals surface area contributed by atoms with Crippen molar-refractivity contribution in [2.24, 2.45) is 23.5 Å². The zero-order valence-electron chi connectivity index (χ0n) is 12.4. The lowest BCUT2D eigenvalue weighted by atomic mass is 9.74. The maximum Gasteiger partial charge on any atom is 0.237 e. The van der Waals surface area contributed by atoms with E-state index in [1.165, 1.54) is 12.8 Å². The van der Waals surface area contributed by atoms with E-state index in [1.54, 1.807) is 0 Å². The molecule has 3 heteroatoms. The third kappa shape index (κ3) is 4.27. The number of nitrogens with one attached hydrogen (secondary N) is 1. The normalized spacial score (nSPS) is 30.2. The molecular weight excluding hydrogens is 224 g/mol. The minimum absolute atomic E-state index is 0.0431. The van der Waals surface area contributed by atoms with E-state index in [4.69, 9.17) is 5.73 Å². The molecule has 0 heterocycles. The Morgan fingerprint density at radius 2 is 2.06 bits per heavy atom. The summed E-state index contributed by atoms with van der Waals surface area (Å²) in [6.07, 6.45) is 5.36. The molecule has 1 fully saturated rings. The molecule has 0 aromatic rings. The molecule has 106 valence electrons. The summed E-state index contributed by atoms with van der Waals surface area (Å²) in [4.78, 5) is 12.0. The monoisotopic (exact) mass is 254 g/mol. The summed E-state index contributed by atoms with van der Waals surface area (Å²) in [5, 5.41) is 3.20. The van der Waals surface area contributed by atoms with Crippen LogP contribution in [-0.4, -0.2) is 18.0 Å². The van der Waals surface area contributed by atoms with Crippen LogP contribution >= 0.6 is 0 Å². The van der Waals surface area contributed by atoms with Crippen LogP contribution in [0, 0.1) is 17.8 Å². The highest BCUT2D eigenvalue weighted by Gasteiger charge is 2.32. The average Bonchev–Trinajstić information content (AvgIpc) is 2.28. The van der Waals surface area contributed by atoms with Crippen molar-refractivity contribution < 1.29 is 4.79 Å². The van der Waals surface area contributed by atoms with E-state index in [2.05, 4.69) is 33.0 Å². The van der Waals surface area contributed by atoms with Crippen molar-refractivity contribution in [2.75, 3.05) is 0 Å². The number of hydrogen-bond donors (Lipinski definition) is 2. The van der Waals surface area contributed by atoms with Gasteiger partial charge in [-0.1, -0.05) is 40.5 Å². The van der Waals surface area contributed by atoms with E-state index in [9.17, 15) is 4.79 Å². The molecule has 1 amide bonds. The van der Waals surface area contributed by atoms with E-state index < -0.39 is 0 Å². The minimum Gasteiger partial charge on any atom is -0.352 e. The molecule has 0 spiro atoms. The van der Waals surface area contributed by atoms with Crippen molar-refractivity contribution >= 4 is 5.91 Å². The smallest absolute Gasteiger partial charge is 0.237 e. The number of nitrogens with two attached hydrogens (primary N) is 1. The Morgan fingerprint density at radius 3 is 2.61 bits per heavy atom. The van der Waals surface area contributed by atoms with Gasteiger partial charge in [0, 0.05) is 6.04 Å². The third-order valence-electron chi connectivity index (χ3n) is 4.29. The van der Waals surface area contributed by atoms with Gasteiger partial charge < -0.3 is 11.1 Å². The summed E-state index contributed by atoms with van der Waals surface area (Å²) < 4.78 is 0. The number of rotatable bonds is 5. The van der Waals surface area contributed by atoms with Crippen LogP contribution in [0.25, 0.3) is 0 Å². The number of amides is 1. The van der Waals surface area contributed by atoms with Gasteiger partial charge in [0.1, 0.15) is 0 Å². The van der Waals surface area contributed by atoms with Crippen molar-refractivity contribution in [1.29, 1.82) is 0 Å². The van der Waals surface area contributed by atoms with Gasteiger partial charge in [-0.3, -0.25) is 4.79 Å². The minimum atomic E-state index is -0.333. The zero-order valence-corrected chi connectivity index (χ0v) is 12.4. The van der Waals surface area contributed by atoms with Crippen molar-refractivity contribution in [1.82, 2.24) is 5.32 Å². The highest BCUT2D eigenvalue weighted by Crippen LogP contribution is 2.33. The molecule has 3 N–H and O–H groups in total. The lowest BCUT2D eigenvalue weighted by Gasteiger charge is -2.38. The van der Waals surface area contributed by atoms with Gasteiger partial charge in [-0.2, -0.15) is 0 Å². The Bertz CT molecular complexity index is 265. The van der Waals surface area contributed by atoms with Crippen molar-refractivity contribution in [3.63, 3.8) is 0 Å². The topological polar surface area (TPSA) is 55.1 Å². The molecule has 1 aliphatic carbocycles. The molecule has 18 heavy (non-hydrogen) atoms. The lowest BCUT2D eigenvalue weighted by Crippen LogP contribution is -2.50. The van der Waals surface area contributed by atoms with Gasteiger partial charge in [-0.05, 0) is 37.0 Å². The Hall–Kier alpha value is -0.570.